The van der Waals surface area contributed by atoms with Gasteiger partial charge in [-0.05, 0) is 43.6 Å². The van der Waals surface area contributed by atoms with Crippen molar-refractivity contribution in [3.8, 4) is 0 Å². The molecular weight excluding hydrogens is 298 g/mol. The van der Waals surface area contributed by atoms with E-state index in [1.807, 2.05) is 40.9 Å². The lowest BCUT2D eigenvalue weighted by molar-refractivity contribution is 0.0244. The Morgan fingerprint density at radius 1 is 1.56 bits per heavy atom. The summed E-state index contributed by atoms with van der Waals surface area (Å²) in [6.07, 6.45) is 1.58. The van der Waals surface area contributed by atoms with Crippen molar-refractivity contribution in [1.82, 2.24) is 14.7 Å². The molecule has 0 fully saturated rings. The summed E-state index contributed by atoms with van der Waals surface area (Å²) in [6.45, 7) is 8.58. The van der Waals surface area contributed by atoms with Crippen molar-refractivity contribution in [2.75, 3.05) is 6.54 Å². The van der Waals surface area contributed by atoms with E-state index in [1.54, 1.807) is 9.58 Å². The minimum absolute atomic E-state index is 0.305. The minimum Gasteiger partial charge on any atom is -0.444 e. The number of ether oxygens (including phenoxy) is 1. The molecule has 102 valence electrons. The molecule has 0 aliphatic heterocycles. The Labute approximate surface area is 116 Å². The van der Waals surface area contributed by atoms with Gasteiger partial charge in [0.2, 0.25) is 0 Å². The van der Waals surface area contributed by atoms with Crippen molar-refractivity contribution in [3.05, 3.63) is 16.4 Å². The van der Waals surface area contributed by atoms with Crippen molar-refractivity contribution < 1.29 is 9.53 Å². The summed E-state index contributed by atoms with van der Waals surface area (Å²) >= 11 is 3.37. The van der Waals surface area contributed by atoms with Crippen LogP contribution >= 0.6 is 15.9 Å². The second kappa shape index (κ2) is 5.73. The number of rotatable bonds is 3. The van der Waals surface area contributed by atoms with Gasteiger partial charge >= 0.3 is 6.09 Å². The highest BCUT2D eigenvalue weighted by Crippen LogP contribution is 2.17. The van der Waals surface area contributed by atoms with Gasteiger partial charge in [-0.1, -0.05) is 0 Å². The molecule has 1 aromatic heterocycles. The van der Waals surface area contributed by atoms with Gasteiger partial charge < -0.3 is 9.64 Å². The third-order valence-corrected chi connectivity index (χ3v) is 2.92. The van der Waals surface area contributed by atoms with E-state index in [4.69, 9.17) is 4.74 Å². The van der Waals surface area contributed by atoms with E-state index in [9.17, 15) is 4.79 Å². The zero-order valence-corrected chi connectivity index (χ0v) is 13.1. The van der Waals surface area contributed by atoms with Gasteiger partial charge in [0.05, 0.1) is 6.54 Å². The second-order valence-corrected chi connectivity index (χ2v) is 5.86. The number of hydrogen-bond acceptors (Lipinski definition) is 3. The van der Waals surface area contributed by atoms with E-state index in [0.29, 0.717) is 13.1 Å². The van der Waals surface area contributed by atoms with Crippen LogP contribution in [0.4, 0.5) is 4.79 Å². The topological polar surface area (TPSA) is 47.4 Å². The fraction of sp³-hybridized carbons (Fsp3) is 0.667. The summed E-state index contributed by atoms with van der Waals surface area (Å²) in [5.74, 6) is 0. The summed E-state index contributed by atoms with van der Waals surface area (Å²) < 4.78 is 7.82. The van der Waals surface area contributed by atoms with Crippen LogP contribution in [0.3, 0.4) is 0 Å². The first kappa shape index (κ1) is 15.0. The van der Waals surface area contributed by atoms with Crippen LogP contribution in [0.1, 0.15) is 33.3 Å². The van der Waals surface area contributed by atoms with Gasteiger partial charge in [-0.3, -0.25) is 4.68 Å². The first-order chi connectivity index (χ1) is 8.23. The van der Waals surface area contributed by atoms with Crippen LogP contribution in [0.5, 0.6) is 0 Å². The molecule has 1 rings (SSSR count). The Hall–Kier alpha value is -1.04. The Kier molecular flexibility index (Phi) is 4.78. The number of amides is 1. The van der Waals surface area contributed by atoms with E-state index in [0.717, 1.165) is 10.2 Å². The molecule has 0 bridgehead atoms. The Morgan fingerprint density at radius 2 is 2.17 bits per heavy atom. The summed E-state index contributed by atoms with van der Waals surface area (Å²) in [5.41, 5.74) is 0.488. The van der Waals surface area contributed by atoms with Gasteiger partial charge in [0, 0.05) is 25.4 Å². The lowest BCUT2D eigenvalue weighted by Gasteiger charge is -2.26. The molecule has 0 aliphatic rings. The highest BCUT2D eigenvalue weighted by atomic mass is 79.9. The number of aryl methyl sites for hydroxylation is 1. The van der Waals surface area contributed by atoms with Crippen molar-refractivity contribution in [2.24, 2.45) is 7.05 Å². The fourth-order valence-corrected chi connectivity index (χ4v) is 1.93. The van der Waals surface area contributed by atoms with Crippen LogP contribution in [0.2, 0.25) is 0 Å². The third kappa shape index (κ3) is 4.33. The molecule has 1 amide bonds. The smallest absolute Gasteiger partial charge is 0.410 e. The molecule has 0 saturated heterocycles. The zero-order valence-electron chi connectivity index (χ0n) is 11.5. The van der Waals surface area contributed by atoms with Gasteiger partial charge in [-0.15, -0.1) is 0 Å². The summed E-state index contributed by atoms with van der Waals surface area (Å²) in [7, 11) is 1.85. The van der Waals surface area contributed by atoms with Gasteiger partial charge in [-0.2, -0.15) is 5.10 Å². The SMILES string of the molecule is CCN(Cc1cn(C)nc1Br)C(=O)OC(C)(C)C. The standard InChI is InChI=1S/C12H20BrN3O2/c1-6-16(11(17)18-12(2,3)4)8-9-7-15(5)14-10(9)13/h7H,6,8H2,1-5H3. The van der Waals surface area contributed by atoms with E-state index < -0.39 is 5.60 Å². The first-order valence-electron chi connectivity index (χ1n) is 5.89. The van der Waals surface area contributed by atoms with Crippen molar-refractivity contribution in [1.29, 1.82) is 0 Å². The van der Waals surface area contributed by atoms with Crippen molar-refractivity contribution >= 4 is 22.0 Å². The molecular formula is C12H20BrN3O2. The van der Waals surface area contributed by atoms with E-state index in [1.165, 1.54) is 0 Å². The van der Waals surface area contributed by atoms with Crippen molar-refractivity contribution in [2.45, 2.75) is 39.8 Å². The average Bonchev–Trinajstić information content (AvgIpc) is 2.50. The highest BCUT2D eigenvalue weighted by Gasteiger charge is 2.22. The Morgan fingerprint density at radius 3 is 2.56 bits per heavy atom. The van der Waals surface area contributed by atoms with Gasteiger partial charge in [0.15, 0.2) is 0 Å². The van der Waals surface area contributed by atoms with Crippen LogP contribution in [-0.2, 0) is 18.3 Å². The first-order valence-corrected chi connectivity index (χ1v) is 6.68. The molecule has 0 aliphatic carbocycles. The predicted molar refractivity (Wildman–Crippen MR) is 73.2 cm³/mol. The fourth-order valence-electron chi connectivity index (χ4n) is 1.45. The molecule has 0 spiro atoms. The van der Waals surface area contributed by atoms with Crippen LogP contribution in [-0.4, -0.2) is 32.9 Å². The number of nitrogens with zero attached hydrogens (tertiary/aromatic N) is 3. The highest BCUT2D eigenvalue weighted by molar-refractivity contribution is 9.10. The zero-order chi connectivity index (χ0) is 13.9. The molecule has 0 N–H and O–H groups in total. The number of carbonyl (C=O) groups excluding carboxylic acids is 1. The summed E-state index contributed by atoms with van der Waals surface area (Å²) in [5, 5.41) is 4.19. The Bertz CT molecular complexity index is 423. The third-order valence-electron chi connectivity index (χ3n) is 2.25. The van der Waals surface area contributed by atoms with E-state index in [2.05, 4.69) is 21.0 Å². The maximum atomic E-state index is 12.0. The minimum atomic E-state index is -0.476. The maximum absolute atomic E-state index is 12.0. The average molecular weight is 318 g/mol. The predicted octanol–water partition coefficient (Wildman–Crippen LogP) is 2.94. The molecule has 18 heavy (non-hydrogen) atoms. The monoisotopic (exact) mass is 317 g/mol. The maximum Gasteiger partial charge on any atom is 0.410 e. The largest absolute Gasteiger partial charge is 0.444 e. The van der Waals surface area contributed by atoms with Crippen LogP contribution in [0.25, 0.3) is 0 Å². The summed E-state index contributed by atoms with van der Waals surface area (Å²) in [6, 6.07) is 0. The lowest BCUT2D eigenvalue weighted by Crippen LogP contribution is -2.36. The number of halogens is 1. The molecule has 1 aromatic rings. The molecule has 0 unspecified atom stereocenters. The van der Waals surface area contributed by atoms with Crippen LogP contribution < -0.4 is 0 Å². The van der Waals surface area contributed by atoms with Gasteiger partial charge in [0.25, 0.3) is 0 Å². The van der Waals surface area contributed by atoms with Crippen LogP contribution in [0.15, 0.2) is 10.8 Å². The molecule has 0 radical (unpaired) electrons. The molecule has 6 heteroatoms. The van der Waals surface area contributed by atoms with Gasteiger partial charge in [-0.25, -0.2) is 4.79 Å². The van der Waals surface area contributed by atoms with Crippen LogP contribution in [0, 0.1) is 0 Å². The Balaban J connectivity index is 2.73. The van der Waals surface area contributed by atoms with E-state index >= 15 is 0 Å². The van der Waals surface area contributed by atoms with Crippen molar-refractivity contribution in [3.63, 3.8) is 0 Å². The molecule has 0 aromatic carbocycles. The quantitative estimate of drug-likeness (QED) is 0.861. The molecule has 5 nitrogen and oxygen atoms in total. The second-order valence-electron chi connectivity index (χ2n) is 5.11. The number of aromatic nitrogens is 2. The number of carbonyl (C=O) groups is 1. The summed E-state index contributed by atoms with van der Waals surface area (Å²) in [4.78, 5) is 13.6. The van der Waals surface area contributed by atoms with E-state index in [-0.39, 0.29) is 6.09 Å². The number of hydrogen-bond donors (Lipinski definition) is 0. The molecule has 0 saturated carbocycles. The normalized spacial score (nSPS) is 11.4. The van der Waals surface area contributed by atoms with Gasteiger partial charge in [0.1, 0.15) is 10.2 Å². The molecule has 1 heterocycles. The molecule has 0 atom stereocenters. The lowest BCUT2D eigenvalue weighted by atomic mass is 10.2.